The summed E-state index contributed by atoms with van der Waals surface area (Å²) in [5.74, 6) is 1.80. The average molecular weight is 340 g/mol. The molecule has 1 fully saturated rings. The summed E-state index contributed by atoms with van der Waals surface area (Å²) in [6, 6.07) is 2.15. The second-order valence-corrected chi connectivity index (χ2v) is 7.28. The van der Waals surface area contributed by atoms with Gasteiger partial charge < -0.3 is 0 Å². The molecule has 5 rings (SSSR count). The van der Waals surface area contributed by atoms with Crippen molar-refractivity contribution in [2.45, 2.75) is 25.2 Å². The molecule has 4 heterocycles. The van der Waals surface area contributed by atoms with Crippen LogP contribution in [0.2, 0.25) is 0 Å². The van der Waals surface area contributed by atoms with E-state index in [2.05, 4.69) is 32.7 Å². The van der Waals surface area contributed by atoms with Crippen LogP contribution in [0, 0.1) is 6.92 Å². The van der Waals surface area contributed by atoms with Crippen molar-refractivity contribution in [3.8, 4) is 10.7 Å². The molecular formula is C15H16N8S. The van der Waals surface area contributed by atoms with Crippen molar-refractivity contribution in [3.63, 3.8) is 0 Å². The third-order valence-electron chi connectivity index (χ3n) is 4.59. The van der Waals surface area contributed by atoms with Gasteiger partial charge in [0.1, 0.15) is 0 Å². The van der Waals surface area contributed by atoms with Crippen LogP contribution in [0.5, 0.6) is 0 Å². The summed E-state index contributed by atoms with van der Waals surface area (Å²) in [4.78, 5) is 0.810. The molecule has 122 valence electrons. The zero-order chi connectivity index (χ0) is 16.4. The van der Waals surface area contributed by atoms with E-state index < -0.39 is 0 Å². The predicted molar refractivity (Wildman–Crippen MR) is 88.9 cm³/mol. The van der Waals surface area contributed by atoms with E-state index in [1.165, 1.54) is 16.9 Å². The minimum Gasteiger partial charge on any atom is -0.276 e. The monoisotopic (exact) mass is 340 g/mol. The highest BCUT2D eigenvalue weighted by atomic mass is 32.1. The van der Waals surface area contributed by atoms with Gasteiger partial charge in [0, 0.05) is 26.2 Å². The Bertz CT molecular complexity index is 1050. The van der Waals surface area contributed by atoms with E-state index in [0.29, 0.717) is 11.8 Å². The first-order valence-electron chi connectivity index (χ1n) is 7.82. The van der Waals surface area contributed by atoms with Gasteiger partial charge in [-0.3, -0.25) is 9.36 Å². The normalized spacial score (nSPS) is 20.1. The fourth-order valence-corrected chi connectivity index (χ4v) is 4.14. The van der Waals surface area contributed by atoms with Gasteiger partial charge in [0.2, 0.25) is 4.96 Å². The van der Waals surface area contributed by atoms with Crippen LogP contribution in [0.1, 0.15) is 35.3 Å². The third-order valence-corrected chi connectivity index (χ3v) is 5.51. The van der Waals surface area contributed by atoms with Gasteiger partial charge in [-0.2, -0.15) is 19.8 Å². The van der Waals surface area contributed by atoms with Crippen molar-refractivity contribution in [1.29, 1.82) is 0 Å². The van der Waals surface area contributed by atoms with Gasteiger partial charge in [-0.05, 0) is 30.9 Å². The lowest BCUT2D eigenvalue weighted by atomic mass is 10.1. The standard InChI is InChI=1S/C15H16N8S/c1-8-17-18-15-23(8)20-14(24-15)13-5-12(19-22(13)3)11-4-10(11)9-6-16-21(2)7-9/h5-7,10-11H,4H2,1-3H3. The molecule has 9 heteroatoms. The lowest BCUT2D eigenvalue weighted by molar-refractivity contribution is 0.744. The molecule has 4 aromatic heterocycles. The Kier molecular flexibility index (Phi) is 2.73. The van der Waals surface area contributed by atoms with Gasteiger partial charge in [-0.1, -0.05) is 11.3 Å². The predicted octanol–water partition coefficient (Wildman–Crippen LogP) is 1.90. The number of rotatable bonds is 3. The van der Waals surface area contributed by atoms with E-state index in [4.69, 9.17) is 5.10 Å². The maximum absolute atomic E-state index is 4.72. The van der Waals surface area contributed by atoms with Gasteiger partial charge in [0.25, 0.3) is 0 Å². The maximum atomic E-state index is 4.72. The summed E-state index contributed by atoms with van der Waals surface area (Å²) in [5.41, 5.74) is 3.45. The van der Waals surface area contributed by atoms with E-state index in [1.54, 1.807) is 4.52 Å². The molecule has 1 saturated carbocycles. The van der Waals surface area contributed by atoms with Gasteiger partial charge >= 0.3 is 0 Å². The highest BCUT2D eigenvalue weighted by molar-refractivity contribution is 7.19. The summed E-state index contributed by atoms with van der Waals surface area (Å²) in [6.07, 6.45) is 5.19. The summed E-state index contributed by atoms with van der Waals surface area (Å²) >= 11 is 1.54. The molecule has 0 aliphatic heterocycles. The molecule has 0 N–H and O–H groups in total. The molecule has 0 bridgehead atoms. The smallest absolute Gasteiger partial charge is 0.235 e. The van der Waals surface area contributed by atoms with Crippen LogP contribution >= 0.6 is 11.3 Å². The van der Waals surface area contributed by atoms with Gasteiger partial charge in [-0.25, -0.2) is 0 Å². The second kappa shape index (κ2) is 4.73. The summed E-state index contributed by atoms with van der Waals surface area (Å²) in [6.45, 7) is 1.90. The highest BCUT2D eigenvalue weighted by Crippen LogP contribution is 2.54. The summed E-state index contributed by atoms with van der Waals surface area (Å²) < 4.78 is 5.55. The molecule has 0 radical (unpaired) electrons. The van der Waals surface area contributed by atoms with Gasteiger partial charge in [0.05, 0.1) is 17.6 Å². The number of fused-ring (bicyclic) bond motifs is 1. The first kappa shape index (κ1) is 13.8. The zero-order valence-corrected chi connectivity index (χ0v) is 14.4. The van der Waals surface area contributed by atoms with Gasteiger partial charge in [-0.15, -0.1) is 10.2 Å². The second-order valence-electron chi connectivity index (χ2n) is 6.32. The Morgan fingerprint density at radius 3 is 2.79 bits per heavy atom. The van der Waals surface area contributed by atoms with Crippen LogP contribution in [-0.4, -0.2) is 39.4 Å². The van der Waals surface area contributed by atoms with Crippen LogP contribution in [-0.2, 0) is 14.1 Å². The fraction of sp³-hybridized carbons (Fsp3) is 0.400. The van der Waals surface area contributed by atoms with Crippen LogP contribution in [0.15, 0.2) is 18.5 Å². The van der Waals surface area contributed by atoms with Gasteiger partial charge in [0.15, 0.2) is 10.8 Å². The molecule has 1 aliphatic rings. The van der Waals surface area contributed by atoms with E-state index in [-0.39, 0.29) is 0 Å². The Labute approximate surface area is 141 Å². The quantitative estimate of drug-likeness (QED) is 0.569. The van der Waals surface area contributed by atoms with Crippen molar-refractivity contribution in [3.05, 3.63) is 35.5 Å². The molecular weight excluding hydrogens is 324 g/mol. The van der Waals surface area contributed by atoms with E-state index in [0.717, 1.165) is 33.6 Å². The number of nitrogens with zero attached hydrogens (tertiary/aromatic N) is 8. The molecule has 2 atom stereocenters. The van der Waals surface area contributed by atoms with Crippen molar-refractivity contribution < 1.29 is 0 Å². The number of hydrogen-bond donors (Lipinski definition) is 0. The molecule has 0 spiro atoms. The number of aromatic nitrogens is 8. The van der Waals surface area contributed by atoms with E-state index in [1.807, 2.05) is 36.6 Å². The van der Waals surface area contributed by atoms with Crippen molar-refractivity contribution in [2.24, 2.45) is 14.1 Å². The van der Waals surface area contributed by atoms with Crippen LogP contribution in [0.4, 0.5) is 0 Å². The van der Waals surface area contributed by atoms with Crippen molar-refractivity contribution >= 4 is 16.3 Å². The molecule has 0 aromatic carbocycles. The van der Waals surface area contributed by atoms with Crippen molar-refractivity contribution in [2.75, 3.05) is 0 Å². The first-order chi connectivity index (χ1) is 11.6. The molecule has 1 aliphatic carbocycles. The molecule has 8 nitrogen and oxygen atoms in total. The van der Waals surface area contributed by atoms with Crippen LogP contribution in [0.25, 0.3) is 15.7 Å². The SMILES string of the molecule is Cc1nnc2sc(-c3cc(C4CC4c4cnn(C)c4)nn3C)nn12. The highest BCUT2D eigenvalue weighted by Gasteiger charge is 2.42. The third kappa shape index (κ3) is 2.01. The number of aryl methyl sites for hydroxylation is 3. The molecule has 0 saturated heterocycles. The maximum Gasteiger partial charge on any atom is 0.235 e. The summed E-state index contributed by atoms with van der Waals surface area (Å²) in [5, 5.41) is 22.7. The fourth-order valence-electron chi connectivity index (χ4n) is 3.21. The zero-order valence-electron chi connectivity index (χ0n) is 13.6. The van der Waals surface area contributed by atoms with E-state index in [9.17, 15) is 0 Å². The largest absolute Gasteiger partial charge is 0.276 e. The minimum atomic E-state index is 0.474. The Morgan fingerprint density at radius 2 is 2.04 bits per heavy atom. The summed E-state index contributed by atoms with van der Waals surface area (Å²) in [7, 11) is 3.92. The van der Waals surface area contributed by atoms with Crippen molar-refractivity contribution in [1.82, 2.24) is 39.4 Å². The Balaban J connectivity index is 1.47. The molecule has 24 heavy (non-hydrogen) atoms. The lowest BCUT2D eigenvalue weighted by Gasteiger charge is -1.94. The molecule has 4 aromatic rings. The lowest BCUT2D eigenvalue weighted by Crippen LogP contribution is -1.95. The van der Waals surface area contributed by atoms with Crippen LogP contribution in [0.3, 0.4) is 0 Å². The molecule has 2 unspecified atom stereocenters. The average Bonchev–Trinajstić information content (AvgIpc) is 2.88. The Hall–Kier alpha value is -2.55. The molecule has 0 amide bonds. The minimum absolute atomic E-state index is 0.474. The number of hydrogen-bond acceptors (Lipinski definition) is 6. The van der Waals surface area contributed by atoms with Crippen LogP contribution < -0.4 is 0 Å². The Morgan fingerprint density at radius 1 is 1.17 bits per heavy atom. The van der Waals surface area contributed by atoms with E-state index >= 15 is 0 Å². The first-order valence-corrected chi connectivity index (χ1v) is 8.63. The topological polar surface area (TPSA) is 78.7 Å².